The number of rotatable bonds is 2. The number of aromatic nitrogens is 4. The third-order valence-corrected chi connectivity index (χ3v) is 5.39. The molecule has 0 aromatic carbocycles. The molecule has 0 saturated carbocycles. The van der Waals surface area contributed by atoms with E-state index >= 15 is 0 Å². The number of amides is 1. The van der Waals surface area contributed by atoms with Gasteiger partial charge in [-0.3, -0.25) is 14.2 Å². The summed E-state index contributed by atoms with van der Waals surface area (Å²) in [5, 5.41) is 0.937. The number of pyridine rings is 2. The van der Waals surface area contributed by atoms with Gasteiger partial charge in [0.05, 0.1) is 6.33 Å². The lowest BCUT2D eigenvalue weighted by Gasteiger charge is -2.28. The number of carbonyl (C=O) groups excluding carboxylic acids is 1. The molecular weight excluding hydrogens is 410 g/mol. The van der Waals surface area contributed by atoms with E-state index < -0.39 is 0 Å². The number of aryl methyl sites for hydroxylation is 1. The molecule has 4 rings (SSSR count). The van der Waals surface area contributed by atoms with Crippen molar-refractivity contribution in [3.8, 4) is 0 Å². The Kier molecular flexibility index (Phi) is 4.51. The van der Waals surface area contributed by atoms with Gasteiger partial charge in [-0.05, 0) is 47.5 Å². The van der Waals surface area contributed by atoms with Crippen LogP contribution in [0.5, 0.6) is 0 Å². The fourth-order valence-corrected chi connectivity index (χ4v) is 3.59. The van der Waals surface area contributed by atoms with Crippen molar-refractivity contribution < 1.29 is 4.79 Å². The Morgan fingerprint density at radius 2 is 2.07 bits per heavy atom. The molecule has 27 heavy (non-hydrogen) atoms. The van der Waals surface area contributed by atoms with Crippen molar-refractivity contribution >= 4 is 32.9 Å². The van der Waals surface area contributed by atoms with Gasteiger partial charge >= 0.3 is 0 Å². The molecule has 138 valence electrons. The van der Waals surface area contributed by atoms with Crippen LogP contribution in [-0.2, 0) is 24.3 Å². The maximum atomic E-state index is 12.7. The van der Waals surface area contributed by atoms with E-state index in [1.54, 1.807) is 24.9 Å². The predicted molar refractivity (Wildman–Crippen MR) is 104 cm³/mol. The monoisotopic (exact) mass is 427 g/mol. The van der Waals surface area contributed by atoms with E-state index in [0.29, 0.717) is 36.4 Å². The first-order chi connectivity index (χ1) is 12.9. The molecule has 0 aliphatic carbocycles. The second-order valence-electron chi connectivity index (χ2n) is 6.75. The van der Waals surface area contributed by atoms with Crippen LogP contribution in [0.25, 0.3) is 11.0 Å². The molecule has 0 atom stereocenters. The fraction of sp³-hybridized carbons (Fsp3) is 0.316. The third-order valence-electron chi connectivity index (χ3n) is 4.96. The summed E-state index contributed by atoms with van der Waals surface area (Å²) in [6.07, 6.45) is 3.85. The van der Waals surface area contributed by atoms with Crippen LogP contribution in [0.15, 0.2) is 33.9 Å². The summed E-state index contributed by atoms with van der Waals surface area (Å²) in [6, 6.07) is 4.01. The van der Waals surface area contributed by atoms with E-state index in [0.717, 1.165) is 21.1 Å². The first kappa shape index (κ1) is 17.8. The van der Waals surface area contributed by atoms with E-state index in [9.17, 15) is 9.59 Å². The highest BCUT2D eigenvalue weighted by Gasteiger charge is 2.23. The zero-order chi connectivity index (χ0) is 19.1. The minimum absolute atomic E-state index is 0.00357. The van der Waals surface area contributed by atoms with Gasteiger partial charge < -0.3 is 4.90 Å². The minimum atomic E-state index is -0.170. The largest absolute Gasteiger partial charge is 0.336 e. The van der Waals surface area contributed by atoms with E-state index in [1.165, 1.54) is 10.9 Å². The first-order valence-electron chi connectivity index (χ1n) is 8.67. The van der Waals surface area contributed by atoms with Crippen molar-refractivity contribution in [2.45, 2.75) is 33.4 Å². The number of fused-ring (bicyclic) bond motifs is 2. The molecule has 1 aliphatic heterocycles. The lowest BCUT2D eigenvalue weighted by molar-refractivity contribution is -0.132. The van der Waals surface area contributed by atoms with E-state index in [2.05, 4.69) is 30.9 Å². The van der Waals surface area contributed by atoms with Gasteiger partial charge in [-0.2, -0.15) is 0 Å². The molecule has 0 N–H and O–H groups in total. The molecule has 1 amide bonds. The normalized spacial score (nSPS) is 13.7. The molecule has 0 unspecified atom stereocenters. The minimum Gasteiger partial charge on any atom is -0.336 e. The summed E-state index contributed by atoms with van der Waals surface area (Å²) >= 11 is 3.43. The van der Waals surface area contributed by atoms with E-state index in [4.69, 9.17) is 0 Å². The SMILES string of the molecule is Cc1ncn(CC(=O)N2CCc3nc4ncc(Br)cc4cc3C2)c(=O)c1C. The molecule has 0 radical (unpaired) electrons. The summed E-state index contributed by atoms with van der Waals surface area (Å²) in [6.45, 7) is 4.57. The maximum Gasteiger partial charge on any atom is 0.256 e. The average molecular weight is 428 g/mol. The van der Waals surface area contributed by atoms with Crippen LogP contribution in [0.3, 0.4) is 0 Å². The van der Waals surface area contributed by atoms with Gasteiger partial charge in [0.15, 0.2) is 5.65 Å². The lowest BCUT2D eigenvalue weighted by atomic mass is 10.0. The number of nitrogens with zero attached hydrogens (tertiary/aromatic N) is 5. The Bertz CT molecular complexity index is 1130. The highest BCUT2D eigenvalue weighted by atomic mass is 79.9. The number of hydrogen-bond acceptors (Lipinski definition) is 5. The summed E-state index contributed by atoms with van der Waals surface area (Å²) < 4.78 is 2.27. The quantitative estimate of drug-likeness (QED) is 0.625. The molecule has 7 nitrogen and oxygen atoms in total. The Morgan fingerprint density at radius 3 is 2.89 bits per heavy atom. The lowest BCUT2D eigenvalue weighted by Crippen LogP contribution is -2.40. The van der Waals surface area contributed by atoms with Gasteiger partial charge in [0.1, 0.15) is 6.54 Å². The van der Waals surface area contributed by atoms with Crippen molar-refractivity contribution in [1.29, 1.82) is 0 Å². The van der Waals surface area contributed by atoms with E-state index in [-0.39, 0.29) is 18.0 Å². The molecule has 0 bridgehead atoms. The van der Waals surface area contributed by atoms with Crippen LogP contribution in [-0.4, -0.2) is 36.9 Å². The Balaban J connectivity index is 1.58. The van der Waals surface area contributed by atoms with Crippen LogP contribution < -0.4 is 5.56 Å². The van der Waals surface area contributed by atoms with Gasteiger partial charge in [-0.15, -0.1) is 0 Å². The van der Waals surface area contributed by atoms with Crippen molar-refractivity contribution in [2.75, 3.05) is 6.54 Å². The smallest absolute Gasteiger partial charge is 0.256 e. The Hall–Kier alpha value is -2.61. The summed E-state index contributed by atoms with van der Waals surface area (Å²) in [7, 11) is 0. The molecule has 3 aromatic heterocycles. The molecule has 8 heteroatoms. The zero-order valence-electron chi connectivity index (χ0n) is 15.1. The first-order valence-corrected chi connectivity index (χ1v) is 9.46. The van der Waals surface area contributed by atoms with Crippen LogP contribution >= 0.6 is 15.9 Å². The van der Waals surface area contributed by atoms with Crippen molar-refractivity contribution in [1.82, 2.24) is 24.4 Å². The maximum absolute atomic E-state index is 12.7. The fourth-order valence-electron chi connectivity index (χ4n) is 3.24. The van der Waals surface area contributed by atoms with Crippen LogP contribution in [0.1, 0.15) is 22.5 Å². The number of hydrogen-bond donors (Lipinski definition) is 0. The summed E-state index contributed by atoms with van der Waals surface area (Å²) in [5.74, 6) is -0.0970. The van der Waals surface area contributed by atoms with E-state index in [1.807, 2.05) is 12.1 Å². The highest BCUT2D eigenvalue weighted by molar-refractivity contribution is 9.10. The zero-order valence-corrected chi connectivity index (χ0v) is 16.7. The molecule has 0 spiro atoms. The third kappa shape index (κ3) is 3.37. The van der Waals surface area contributed by atoms with Gasteiger partial charge in [0, 0.05) is 52.5 Å². The van der Waals surface area contributed by atoms with Gasteiger partial charge in [-0.25, -0.2) is 15.0 Å². The van der Waals surface area contributed by atoms with Crippen molar-refractivity contribution in [3.05, 3.63) is 62.0 Å². The van der Waals surface area contributed by atoms with Gasteiger partial charge in [0.25, 0.3) is 5.56 Å². The molecule has 0 fully saturated rings. The second-order valence-corrected chi connectivity index (χ2v) is 7.66. The Morgan fingerprint density at radius 1 is 1.26 bits per heavy atom. The summed E-state index contributed by atoms with van der Waals surface area (Å²) in [5.41, 5.74) is 3.80. The molecule has 1 aliphatic rings. The average Bonchev–Trinajstić information content (AvgIpc) is 2.66. The van der Waals surface area contributed by atoms with Crippen LogP contribution in [0.4, 0.5) is 0 Å². The molecular formula is C19H18BrN5O2. The summed E-state index contributed by atoms with van der Waals surface area (Å²) in [4.78, 5) is 40.0. The standard InChI is InChI=1S/C19H18BrN5O2/c1-11-12(2)22-10-25(19(11)27)9-17(26)24-4-3-16-14(8-24)5-13-6-15(20)7-21-18(13)23-16/h5-7,10H,3-4,8-9H2,1-2H3. The molecule has 0 saturated heterocycles. The van der Waals surface area contributed by atoms with Gasteiger partial charge in [-0.1, -0.05) is 0 Å². The number of carbonyl (C=O) groups is 1. The highest BCUT2D eigenvalue weighted by Crippen LogP contribution is 2.23. The van der Waals surface area contributed by atoms with Crippen molar-refractivity contribution in [2.24, 2.45) is 0 Å². The van der Waals surface area contributed by atoms with Crippen LogP contribution in [0, 0.1) is 13.8 Å². The topological polar surface area (TPSA) is 81.0 Å². The predicted octanol–water partition coefficient (Wildman–Crippen LogP) is 2.15. The van der Waals surface area contributed by atoms with Crippen LogP contribution in [0.2, 0.25) is 0 Å². The van der Waals surface area contributed by atoms with Gasteiger partial charge in [0.2, 0.25) is 5.91 Å². The second kappa shape index (κ2) is 6.84. The molecule has 3 aromatic rings. The number of halogens is 1. The molecule has 4 heterocycles. The van der Waals surface area contributed by atoms with Crippen molar-refractivity contribution in [3.63, 3.8) is 0 Å². The Labute approximate surface area is 164 Å².